The van der Waals surface area contributed by atoms with Crippen LogP contribution in [0.15, 0.2) is 48.5 Å². The van der Waals surface area contributed by atoms with Gasteiger partial charge in [-0.25, -0.2) is 14.2 Å². The summed E-state index contributed by atoms with van der Waals surface area (Å²) >= 11 is 1.24. The molecule has 8 heteroatoms. The van der Waals surface area contributed by atoms with Crippen molar-refractivity contribution < 1.29 is 14.0 Å². The van der Waals surface area contributed by atoms with Crippen molar-refractivity contribution in [2.45, 2.75) is 6.92 Å². The van der Waals surface area contributed by atoms with E-state index < -0.39 is 0 Å². The van der Waals surface area contributed by atoms with E-state index in [2.05, 4.69) is 20.9 Å². The molecular weight excluding hydrogens is 367 g/mol. The fourth-order valence-electron chi connectivity index (χ4n) is 2.38. The van der Waals surface area contributed by atoms with Crippen molar-refractivity contribution in [2.24, 2.45) is 0 Å². The van der Waals surface area contributed by atoms with Crippen molar-refractivity contribution in [3.8, 4) is 10.6 Å². The predicted molar refractivity (Wildman–Crippen MR) is 105 cm³/mol. The van der Waals surface area contributed by atoms with Gasteiger partial charge in [0.1, 0.15) is 15.7 Å². The highest BCUT2D eigenvalue weighted by Crippen LogP contribution is 2.29. The number of carbonyl (C=O) groups excluding carboxylic acids is 2. The number of hydrogen-bond acceptors (Lipinski definition) is 4. The van der Waals surface area contributed by atoms with Gasteiger partial charge in [0.25, 0.3) is 5.91 Å². The van der Waals surface area contributed by atoms with Gasteiger partial charge in [-0.2, -0.15) is 0 Å². The zero-order valence-corrected chi connectivity index (χ0v) is 15.5. The minimum atomic E-state index is -0.347. The molecule has 0 radical (unpaired) electrons. The number of carbonyl (C=O) groups is 2. The lowest BCUT2D eigenvalue weighted by Gasteiger charge is -2.08. The van der Waals surface area contributed by atoms with Crippen LogP contribution in [0, 0.1) is 12.7 Å². The van der Waals surface area contributed by atoms with Crippen molar-refractivity contribution >= 4 is 34.6 Å². The van der Waals surface area contributed by atoms with Crippen LogP contribution in [-0.2, 0) is 0 Å². The van der Waals surface area contributed by atoms with E-state index in [9.17, 15) is 14.0 Å². The summed E-state index contributed by atoms with van der Waals surface area (Å²) in [5.74, 6) is -0.620. The van der Waals surface area contributed by atoms with Crippen LogP contribution >= 0.6 is 11.3 Å². The number of nitrogens with one attached hydrogen (secondary N) is 3. The van der Waals surface area contributed by atoms with Crippen LogP contribution in [0.3, 0.4) is 0 Å². The van der Waals surface area contributed by atoms with E-state index >= 15 is 0 Å². The van der Waals surface area contributed by atoms with Crippen LogP contribution < -0.4 is 16.0 Å². The van der Waals surface area contributed by atoms with Crippen molar-refractivity contribution in [3.63, 3.8) is 0 Å². The number of nitrogens with zero attached hydrogens (tertiary/aromatic N) is 1. The topological polar surface area (TPSA) is 83.1 Å². The molecule has 1 aromatic heterocycles. The Morgan fingerprint density at radius 1 is 1.04 bits per heavy atom. The molecular formula is C19H17FN4O2S. The molecule has 3 aromatic rings. The summed E-state index contributed by atoms with van der Waals surface area (Å²) in [5.41, 5.74) is 2.45. The number of aromatic nitrogens is 1. The molecule has 0 saturated carbocycles. The first-order valence-electron chi connectivity index (χ1n) is 8.10. The molecule has 0 saturated heterocycles. The van der Waals surface area contributed by atoms with Crippen LogP contribution in [0.1, 0.15) is 15.4 Å². The van der Waals surface area contributed by atoms with Crippen LogP contribution in [0.2, 0.25) is 0 Å². The Morgan fingerprint density at radius 3 is 2.37 bits per heavy atom. The Kier molecular flexibility index (Phi) is 5.46. The first kappa shape index (κ1) is 18.5. The average molecular weight is 384 g/mol. The maximum atomic E-state index is 13.1. The summed E-state index contributed by atoms with van der Waals surface area (Å²) in [5, 5.41) is 8.56. The van der Waals surface area contributed by atoms with Gasteiger partial charge in [-0.3, -0.25) is 4.79 Å². The number of amides is 3. The first-order chi connectivity index (χ1) is 13.0. The van der Waals surface area contributed by atoms with E-state index in [1.807, 2.05) is 0 Å². The number of aryl methyl sites for hydroxylation is 1. The van der Waals surface area contributed by atoms with Gasteiger partial charge in [-0.05, 0) is 49.4 Å². The molecule has 138 valence electrons. The molecule has 3 N–H and O–H groups in total. The van der Waals surface area contributed by atoms with Crippen LogP contribution in [0.5, 0.6) is 0 Å². The first-order valence-corrected chi connectivity index (χ1v) is 8.91. The lowest BCUT2D eigenvalue weighted by atomic mass is 10.2. The molecule has 2 aromatic carbocycles. The van der Waals surface area contributed by atoms with E-state index in [1.54, 1.807) is 43.3 Å². The summed E-state index contributed by atoms with van der Waals surface area (Å²) in [6.45, 7) is 1.75. The summed E-state index contributed by atoms with van der Waals surface area (Å²) in [7, 11) is 1.52. The molecule has 0 fully saturated rings. The number of halogens is 1. The molecule has 27 heavy (non-hydrogen) atoms. The molecule has 0 unspecified atom stereocenters. The maximum Gasteiger partial charge on any atom is 0.318 e. The SMILES string of the molecule is CNC(=O)Nc1cccc(NC(=O)c2sc(-c3ccc(F)cc3)nc2C)c1. The molecule has 0 bridgehead atoms. The summed E-state index contributed by atoms with van der Waals surface area (Å²) in [4.78, 5) is 28.9. The molecule has 0 spiro atoms. The number of anilines is 2. The van der Waals surface area contributed by atoms with E-state index in [4.69, 9.17) is 0 Å². The number of benzene rings is 2. The lowest BCUT2D eigenvalue weighted by molar-refractivity contribution is 0.103. The van der Waals surface area contributed by atoms with Crippen LogP contribution in [0.4, 0.5) is 20.6 Å². The van der Waals surface area contributed by atoms with Gasteiger partial charge in [0.2, 0.25) is 0 Å². The Labute approximate surface area is 159 Å². The molecule has 0 aliphatic carbocycles. The van der Waals surface area contributed by atoms with Gasteiger partial charge in [0, 0.05) is 24.0 Å². The van der Waals surface area contributed by atoms with E-state index in [1.165, 1.54) is 30.5 Å². The van der Waals surface area contributed by atoms with Crippen molar-refractivity contribution in [1.29, 1.82) is 0 Å². The van der Waals surface area contributed by atoms with Gasteiger partial charge in [0.15, 0.2) is 0 Å². The fourth-order valence-corrected chi connectivity index (χ4v) is 3.35. The lowest BCUT2D eigenvalue weighted by Crippen LogP contribution is -2.24. The van der Waals surface area contributed by atoms with E-state index in [0.29, 0.717) is 27.0 Å². The largest absolute Gasteiger partial charge is 0.341 e. The van der Waals surface area contributed by atoms with Crippen molar-refractivity contribution in [2.75, 3.05) is 17.7 Å². The van der Waals surface area contributed by atoms with Crippen LogP contribution in [0.25, 0.3) is 10.6 Å². The minimum absolute atomic E-state index is 0.296. The molecule has 3 rings (SSSR count). The van der Waals surface area contributed by atoms with E-state index in [0.717, 1.165) is 5.56 Å². The van der Waals surface area contributed by atoms with Gasteiger partial charge in [0.05, 0.1) is 5.69 Å². The normalized spacial score (nSPS) is 10.3. The molecule has 1 heterocycles. The van der Waals surface area contributed by atoms with E-state index in [-0.39, 0.29) is 17.8 Å². The second kappa shape index (κ2) is 7.96. The Bertz CT molecular complexity index is 986. The maximum absolute atomic E-state index is 13.1. The van der Waals surface area contributed by atoms with Gasteiger partial charge in [-0.15, -0.1) is 11.3 Å². The van der Waals surface area contributed by atoms with Crippen LogP contribution in [-0.4, -0.2) is 24.0 Å². The molecule has 0 aliphatic heterocycles. The number of urea groups is 1. The third-order valence-corrected chi connectivity index (χ3v) is 4.90. The highest BCUT2D eigenvalue weighted by molar-refractivity contribution is 7.17. The monoisotopic (exact) mass is 384 g/mol. The minimum Gasteiger partial charge on any atom is -0.341 e. The highest BCUT2D eigenvalue weighted by Gasteiger charge is 2.16. The van der Waals surface area contributed by atoms with Gasteiger partial charge >= 0.3 is 6.03 Å². The second-order valence-electron chi connectivity index (χ2n) is 5.68. The summed E-state index contributed by atoms with van der Waals surface area (Å²) < 4.78 is 13.1. The standard InChI is InChI=1S/C19H17FN4O2S/c1-11-16(27-18(22-11)12-6-8-13(20)9-7-12)17(25)23-14-4-3-5-15(10-14)24-19(26)21-2/h3-10H,1-2H3,(H,23,25)(H2,21,24,26). The zero-order valence-electron chi connectivity index (χ0n) is 14.7. The molecule has 3 amide bonds. The Hall–Kier alpha value is -3.26. The van der Waals surface area contributed by atoms with Gasteiger partial charge < -0.3 is 16.0 Å². The number of thiazole rings is 1. The Morgan fingerprint density at radius 2 is 1.70 bits per heavy atom. The Balaban J connectivity index is 1.78. The van der Waals surface area contributed by atoms with Crippen molar-refractivity contribution in [1.82, 2.24) is 10.3 Å². The number of rotatable bonds is 4. The van der Waals surface area contributed by atoms with Gasteiger partial charge in [-0.1, -0.05) is 6.07 Å². The predicted octanol–water partition coefficient (Wildman–Crippen LogP) is 4.26. The quantitative estimate of drug-likeness (QED) is 0.628. The highest BCUT2D eigenvalue weighted by atomic mass is 32.1. The average Bonchev–Trinajstić information content (AvgIpc) is 3.04. The molecule has 6 nitrogen and oxygen atoms in total. The number of hydrogen-bond donors (Lipinski definition) is 3. The third kappa shape index (κ3) is 4.48. The third-order valence-electron chi connectivity index (χ3n) is 3.70. The summed E-state index contributed by atoms with van der Waals surface area (Å²) in [6.07, 6.45) is 0. The molecule has 0 atom stereocenters. The summed E-state index contributed by atoms with van der Waals surface area (Å²) in [6, 6.07) is 12.5. The smallest absolute Gasteiger partial charge is 0.318 e. The second-order valence-corrected chi connectivity index (χ2v) is 6.68. The van der Waals surface area contributed by atoms with Crippen molar-refractivity contribution in [3.05, 3.63) is 64.9 Å². The molecule has 0 aliphatic rings. The fraction of sp³-hybridized carbons (Fsp3) is 0.105. The zero-order chi connectivity index (χ0) is 19.4.